The molecule has 0 saturated heterocycles. The molecule has 2 heterocycles. The second-order valence-corrected chi connectivity index (χ2v) is 7.69. The van der Waals surface area contributed by atoms with Gasteiger partial charge in [0.1, 0.15) is 0 Å². The number of rotatable bonds is 6. The van der Waals surface area contributed by atoms with Gasteiger partial charge in [0.25, 0.3) is 5.91 Å². The Labute approximate surface area is 174 Å². The Morgan fingerprint density at radius 3 is 2.93 bits per heavy atom. The summed E-state index contributed by atoms with van der Waals surface area (Å²) < 4.78 is 1.50. The molecule has 9 nitrogen and oxygen atoms in total. The average molecular weight is 411 g/mol. The highest BCUT2D eigenvalue weighted by Crippen LogP contribution is 2.26. The number of nitrogens with zero attached hydrogens (tertiary/aromatic N) is 4. The number of nitrogens with two attached hydrogens (primary N) is 1. The molecular weight excluding hydrogens is 386 g/mol. The zero-order valence-corrected chi connectivity index (χ0v) is 17.0. The molecule has 30 heavy (non-hydrogen) atoms. The van der Waals surface area contributed by atoms with E-state index < -0.39 is 17.6 Å². The summed E-state index contributed by atoms with van der Waals surface area (Å²) >= 11 is 0. The highest BCUT2D eigenvalue weighted by atomic mass is 16.3. The third-order valence-corrected chi connectivity index (χ3v) is 5.00. The first-order valence-electron chi connectivity index (χ1n) is 9.64. The number of primary amides is 1. The number of aliphatic hydroxyl groups excluding tert-OH is 1. The van der Waals surface area contributed by atoms with Crippen LogP contribution in [0.2, 0.25) is 0 Å². The van der Waals surface area contributed by atoms with Crippen LogP contribution in [0.5, 0.6) is 0 Å². The standard InChI is InChI=1S/C21H25N5O4/c1-25(2)10-8-21(30,13-27)7-5-14-6-9-23-18(11-14)26-17-12-15(28)3-4-16(17)19(24-26)20(22)29/h6,9,11,13,15,28,30H,3-4,8,10,12H2,1-2H3,(H2,22,29)/t15-,21+/m1/s1. The maximum atomic E-state index is 11.8. The highest BCUT2D eigenvalue weighted by molar-refractivity contribution is 5.92. The number of pyridine rings is 1. The summed E-state index contributed by atoms with van der Waals surface area (Å²) in [4.78, 5) is 29.3. The van der Waals surface area contributed by atoms with Crippen LogP contribution in [0.15, 0.2) is 18.3 Å². The number of hydrogen-bond donors (Lipinski definition) is 3. The fourth-order valence-corrected chi connectivity index (χ4v) is 3.32. The Kier molecular flexibility index (Phi) is 6.31. The molecule has 2 aromatic rings. The third kappa shape index (κ3) is 4.74. The van der Waals surface area contributed by atoms with Gasteiger partial charge in [-0.25, -0.2) is 9.67 Å². The molecule has 9 heteroatoms. The molecular formula is C21H25N5O4. The number of aromatic nitrogens is 3. The van der Waals surface area contributed by atoms with Crippen molar-refractivity contribution in [3.8, 4) is 17.7 Å². The molecule has 1 aliphatic rings. The van der Waals surface area contributed by atoms with Crippen LogP contribution in [-0.4, -0.2) is 74.4 Å². The quantitative estimate of drug-likeness (QED) is 0.429. The average Bonchev–Trinajstić information content (AvgIpc) is 3.10. The SMILES string of the molecule is CN(C)CC[C@@](O)(C#Cc1ccnc(-n2nc(C(N)=O)c3c2C[C@H](O)CC3)c1)C=O. The van der Waals surface area contributed by atoms with Crippen molar-refractivity contribution in [3.63, 3.8) is 0 Å². The molecule has 1 amide bonds. The first kappa shape index (κ1) is 21.6. The summed E-state index contributed by atoms with van der Waals surface area (Å²) in [5, 5.41) is 24.8. The van der Waals surface area contributed by atoms with Gasteiger partial charge in [-0.2, -0.15) is 5.10 Å². The Morgan fingerprint density at radius 1 is 1.50 bits per heavy atom. The third-order valence-electron chi connectivity index (χ3n) is 5.00. The molecule has 158 valence electrons. The van der Waals surface area contributed by atoms with E-state index >= 15 is 0 Å². The number of fused-ring (bicyclic) bond motifs is 1. The minimum Gasteiger partial charge on any atom is -0.393 e. The predicted octanol–water partition coefficient (Wildman–Crippen LogP) is -0.551. The smallest absolute Gasteiger partial charge is 0.269 e. The second-order valence-electron chi connectivity index (χ2n) is 7.69. The van der Waals surface area contributed by atoms with Gasteiger partial charge < -0.3 is 20.8 Å². The predicted molar refractivity (Wildman–Crippen MR) is 109 cm³/mol. The van der Waals surface area contributed by atoms with Crippen LogP contribution >= 0.6 is 0 Å². The lowest BCUT2D eigenvalue weighted by molar-refractivity contribution is -0.119. The van der Waals surface area contributed by atoms with Gasteiger partial charge in [-0.15, -0.1) is 0 Å². The van der Waals surface area contributed by atoms with E-state index in [4.69, 9.17) is 5.73 Å². The first-order chi connectivity index (χ1) is 14.2. The fourth-order valence-electron chi connectivity index (χ4n) is 3.32. The van der Waals surface area contributed by atoms with Crippen LogP contribution in [0, 0.1) is 11.8 Å². The molecule has 0 aromatic carbocycles. The zero-order valence-electron chi connectivity index (χ0n) is 17.0. The monoisotopic (exact) mass is 411 g/mol. The molecule has 2 aromatic heterocycles. The number of amides is 1. The topological polar surface area (TPSA) is 135 Å². The molecule has 0 unspecified atom stereocenters. The maximum Gasteiger partial charge on any atom is 0.269 e. The van der Waals surface area contributed by atoms with Gasteiger partial charge in [0.2, 0.25) is 0 Å². The van der Waals surface area contributed by atoms with Gasteiger partial charge in [-0.05, 0) is 39.1 Å². The van der Waals surface area contributed by atoms with Crippen molar-refractivity contribution < 1.29 is 19.8 Å². The van der Waals surface area contributed by atoms with Crippen molar-refractivity contribution in [2.24, 2.45) is 5.73 Å². The Morgan fingerprint density at radius 2 is 2.27 bits per heavy atom. The van der Waals surface area contributed by atoms with Gasteiger partial charge >= 0.3 is 0 Å². The highest BCUT2D eigenvalue weighted by Gasteiger charge is 2.28. The van der Waals surface area contributed by atoms with E-state index in [0.29, 0.717) is 49.2 Å². The van der Waals surface area contributed by atoms with Crippen molar-refractivity contribution in [1.82, 2.24) is 19.7 Å². The molecule has 3 rings (SSSR count). The largest absolute Gasteiger partial charge is 0.393 e. The van der Waals surface area contributed by atoms with Crippen molar-refractivity contribution >= 4 is 12.2 Å². The fraction of sp³-hybridized carbons (Fsp3) is 0.429. The van der Waals surface area contributed by atoms with Crippen LogP contribution in [0.25, 0.3) is 5.82 Å². The molecule has 0 spiro atoms. The molecule has 2 atom stereocenters. The first-order valence-corrected chi connectivity index (χ1v) is 9.64. The number of hydrogen-bond acceptors (Lipinski definition) is 7. The Bertz CT molecular complexity index is 1020. The Hall–Kier alpha value is -3.06. The maximum absolute atomic E-state index is 11.8. The summed E-state index contributed by atoms with van der Waals surface area (Å²) in [5.74, 6) is 5.22. The van der Waals surface area contributed by atoms with Crippen LogP contribution in [0.4, 0.5) is 0 Å². The summed E-state index contributed by atoms with van der Waals surface area (Å²) in [6, 6.07) is 3.29. The number of carbonyl (C=O) groups excluding carboxylic acids is 2. The van der Waals surface area contributed by atoms with E-state index in [0.717, 1.165) is 5.56 Å². The lowest BCUT2D eigenvalue weighted by Gasteiger charge is -2.19. The number of aliphatic hydroxyl groups is 2. The summed E-state index contributed by atoms with van der Waals surface area (Å²) in [7, 11) is 3.69. The van der Waals surface area contributed by atoms with Crippen LogP contribution in [0.1, 0.15) is 40.2 Å². The molecule has 0 aliphatic heterocycles. The lowest BCUT2D eigenvalue weighted by Crippen LogP contribution is -2.33. The normalized spacial score (nSPS) is 17.6. The van der Waals surface area contributed by atoms with Crippen molar-refractivity contribution in [1.29, 1.82) is 0 Å². The molecule has 1 aliphatic carbocycles. The van der Waals surface area contributed by atoms with Gasteiger partial charge in [0, 0.05) is 36.7 Å². The molecule has 0 radical (unpaired) electrons. The van der Waals surface area contributed by atoms with Gasteiger partial charge in [-0.1, -0.05) is 11.8 Å². The van der Waals surface area contributed by atoms with Crippen LogP contribution in [0.3, 0.4) is 0 Å². The summed E-state index contributed by atoms with van der Waals surface area (Å²) in [6.07, 6.45) is 2.99. The Balaban J connectivity index is 1.96. The molecule has 0 bridgehead atoms. The van der Waals surface area contributed by atoms with Gasteiger partial charge in [-0.3, -0.25) is 9.59 Å². The summed E-state index contributed by atoms with van der Waals surface area (Å²) in [5.41, 5.74) is 5.83. The molecule has 4 N–H and O–H groups in total. The molecule has 0 saturated carbocycles. The lowest BCUT2D eigenvalue weighted by atomic mass is 9.93. The van der Waals surface area contributed by atoms with E-state index in [9.17, 15) is 19.8 Å². The number of carbonyl (C=O) groups is 2. The van der Waals surface area contributed by atoms with E-state index in [-0.39, 0.29) is 12.1 Å². The van der Waals surface area contributed by atoms with E-state index in [1.165, 1.54) is 10.9 Å². The van der Waals surface area contributed by atoms with Crippen LogP contribution < -0.4 is 5.73 Å². The minimum absolute atomic E-state index is 0.175. The van der Waals surface area contributed by atoms with Crippen LogP contribution in [-0.2, 0) is 17.6 Å². The minimum atomic E-state index is -1.75. The van der Waals surface area contributed by atoms with E-state index in [1.807, 2.05) is 19.0 Å². The summed E-state index contributed by atoms with van der Waals surface area (Å²) in [6.45, 7) is 0.503. The van der Waals surface area contributed by atoms with E-state index in [2.05, 4.69) is 21.9 Å². The zero-order chi connectivity index (χ0) is 21.9. The molecule has 0 fully saturated rings. The van der Waals surface area contributed by atoms with Gasteiger partial charge in [0.05, 0.1) is 11.8 Å². The number of aldehydes is 1. The van der Waals surface area contributed by atoms with Crippen molar-refractivity contribution in [3.05, 3.63) is 40.8 Å². The van der Waals surface area contributed by atoms with Crippen molar-refractivity contribution in [2.45, 2.75) is 37.4 Å². The second kappa shape index (κ2) is 8.75. The van der Waals surface area contributed by atoms with Crippen molar-refractivity contribution in [2.75, 3.05) is 20.6 Å². The van der Waals surface area contributed by atoms with Gasteiger partial charge in [0.15, 0.2) is 23.4 Å². The van der Waals surface area contributed by atoms with E-state index in [1.54, 1.807) is 12.1 Å².